The van der Waals surface area contributed by atoms with Crippen molar-refractivity contribution >= 4 is 41.3 Å². The van der Waals surface area contributed by atoms with Crippen molar-refractivity contribution in [2.75, 3.05) is 26.8 Å². The van der Waals surface area contributed by atoms with Gasteiger partial charge < -0.3 is 20.1 Å². The van der Waals surface area contributed by atoms with E-state index in [-0.39, 0.29) is 24.0 Å². The van der Waals surface area contributed by atoms with E-state index in [1.807, 2.05) is 38.1 Å². The van der Waals surface area contributed by atoms with Crippen molar-refractivity contribution in [3.8, 4) is 5.75 Å². The molecule has 0 atom stereocenters. The zero-order valence-corrected chi connectivity index (χ0v) is 19.5. The summed E-state index contributed by atoms with van der Waals surface area (Å²) in [6, 6.07) is 7.89. The highest BCUT2D eigenvalue weighted by atomic mass is 127. The number of benzene rings is 1. The molecule has 2 aromatic rings. The van der Waals surface area contributed by atoms with E-state index < -0.39 is 0 Å². The Hall–Kier alpha value is -1.39. The van der Waals surface area contributed by atoms with E-state index in [4.69, 9.17) is 9.47 Å². The largest absolute Gasteiger partial charge is 0.496 e. The number of hydrogen-bond donors (Lipinski definition) is 2. The van der Waals surface area contributed by atoms with Crippen LogP contribution >= 0.6 is 35.3 Å². The molecule has 0 unspecified atom stereocenters. The molecule has 0 spiro atoms. The van der Waals surface area contributed by atoms with E-state index in [1.54, 1.807) is 18.4 Å². The van der Waals surface area contributed by atoms with Crippen molar-refractivity contribution < 1.29 is 9.47 Å². The van der Waals surface area contributed by atoms with Crippen LogP contribution in [-0.4, -0.2) is 37.7 Å². The van der Waals surface area contributed by atoms with Crippen LogP contribution in [0, 0.1) is 13.8 Å². The Labute approximate surface area is 182 Å². The summed E-state index contributed by atoms with van der Waals surface area (Å²) < 4.78 is 11.1. The Balaban J connectivity index is 0.00000364. The first-order valence-electron chi connectivity index (χ1n) is 8.78. The Bertz CT molecular complexity index is 721. The predicted molar refractivity (Wildman–Crippen MR) is 122 cm³/mol. The van der Waals surface area contributed by atoms with Gasteiger partial charge in [0.2, 0.25) is 0 Å². The number of rotatable bonds is 9. The number of aliphatic imine (C=N–C) groups is 1. The molecule has 0 aliphatic heterocycles. The van der Waals surface area contributed by atoms with Gasteiger partial charge in [-0.1, -0.05) is 18.2 Å². The lowest BCUT2D eigenvalue weighted by atomic mass is 10.2. The molecule has 6 nitrogen and oxygen atoms in total. The molecule has 2 N–H and O–H groups in total. The lowest BCUT2D eigenvalue weighted by molar-refractivity contribution is 0.123. The maximum Gasteiger partial charge on any atom is 0.191 e. The first-order chi connectivity index (χ1) is 12.6. The van der Waals surface area contributed by atoms with Gasteiger partial charge in [0.05, 0.1) is 37.6 Å². The second-order valence-corrected chi connectivity index (χ2v) is 7.02. The van der Waals surface area contributed by atoms with E-state index in [1.165, 1.54) is 4.88 Å². The molecule has 0 bridgehead atoms. The maximum atomic E-state index is 5.74. The number of nitrogens with zero attached hydrogens (tertiary/aromatic N) is 2. The highest BCUT2D eigenvalue weighted by molar-refractivity contribution is 14.0. The molecule has 0 amide bonds. The summed E-state index contributed by atoms with van der Waals surface area (Å²) in [7, 11) is 1.67. The van der Waals surface area contributed by atoms with Gasteiger partial charge in [-0.3, -0.25) is 0 Å². The predicted octanol–water partition coefficient (Wildman–Crippen LogP) is 3.66. The van der Waals surface area contributed by atoms with Gasteiger partial charge >= 0.3 is 0 Å². The van der Waals surface area contributed by atoms with E-state index in [9.17, 15) is 0 Å². The van der Waals surface area contributed by atoms with E-state index in [0.717, 1.165) is 34.5 Å². The number of methoxy groups -OCH3 is 1. The number of nitrogens with one attached hydrogen (secondary N) is 2. The van der Waals surface area contributed by atoms with Gasteiger partial charge in [0.1, 0.15) is 5.75 Å². The van der Waals surface area contributed by atoms with Crippen LogP contribution in [0.3, 0.4) is 0 Å². The molecular weight excluding hydrogens is 475 g/mol. The van der Waals surface area contributed by atoms with Crippen molar-refractivity contribution in [1.82, 2.24) is 15.6 Å². The summed E-state index contributed by atoms with van der Waals surface area (Å²) in [6.45, 7) is 9.34. The summed E-state index contributed by atoms with van der Waals surface area (Å²) in [6.07, 6.45) is 0. The standard InChI is InChI=1S/C19H28N4O2S.HI/c1-5-20-19(22-12-18-14(2)23-15(3)26-18)21-10-11-25-13-16-8-6-7-9-17(16)24-4;/h6-9H,5,10-13H2,1-4H3,(H2,20,21,22);1H. The lowest BCUT2D eigenvalue weighted by Crippen LogP contribution is -2.38. The number of para-hydroxylation sites is 1. The van der Waals surface area contributed by atoms with Crippen LogP contribution in [0.25, 0.3) is 0 Å². The van der Waals surface area contributed by atoms with Crippen molar-refractivity contribution in [2.24, 2.45) is 4.99 Å². The SMILES string of the molecule is CCNC(=NCc1sc(C)nc1C)NCCOCc1ccccc1OC.I. The molecule has 0 saturated carbocycles. The molecule has 0 fully saturated rings. The molecular formula is C19H29IN4O2S. The highest BCUT2D eigenvalue weighted by Crippen LogP contribution is 2.18. The number of halogens is 1. The Morgan fingerprint density at radius 2 is 2.00 bits per heavy atom. The smallest absolute Gasteiger partial charge is 0.191 e. The van der Waals surface area contributed by atoms with Gasteiger partial charge in [-0.05, 0) is 26.8 Å². The van der Waals surface area contributed by atoms with Gasteiger partial charge in [-0.15, -0.1) is 35.3 Å². The molecule has 0 saturated heterocycles. The summed E-state index contributed by atoms with van der Waals surface area (Å²) in [4.78, 5) is 10.3. The summed E-state index contributed by atoms with van der Waals surface area (Å²) in [5, 5.41) is 7.63. The number of guanidine groups is 1. The Morgan fingerprint density at radius 1 is 1.22 bits per heavy atom. The van der Waals surface area contributed by atoms with Crippen molar-refractivity contribution in [3.63, 3.8) is 0 Å². The molecule has 27 heavy (non-hydrogen) atoms. The first kappa shape index (κ1) is 23.6. The van der Waals surface area contributed by atoms with Crippen LogP contribution < -0.4 is 15.4 Å². The van der Waals surface area contributed by atoms with E-state index in [2.05, 4.69) is 27.5 Å². The van der Waals surface area contributed by atoms with Gasteiger partial charge in [0.15, 0.2) is 5.96 Å². The zero-order chi connectivity index (χ0) is 18.8. The summed E-state index contributed by atoms with van der Waals surface area (Å²) in [5.74, 6) is 1.64. The molecule has 1 aromatic carbocycles. The Morgan fingerprint density at radius 3 is 2.67 bits per heavy atom. The van der Waals surface area contributed by atoms with E-state index in [0.29, 0.717) is 26.3 Å². The minimum Gasteiger partial charge on any atom is -0.496 e. The number of hydrogen-bond acceptors (Lipinski definition) is 5. The van der Waals surface area contributed by atoms with Gasteiger partial charge in [-0.25, -0.2) is 9.98 Å². The normalized spacial score (nSPS) is 11.0. The maximum absolute atomic E-state index is 5.74. The van der Waals surface area contributed by atoms with Crippen LogP contribution in [0.4, 0.5) is 0 Å². The quantitative estimate of drug-likeness (QED) is 0.236. The van der Waals surface area contributed by atoms with Crippen LogP contribution in [0.1, 0.15) is 28.1 Å². The molecule has 0 radical (unpaired) electrons. The number of aryl methyl sites for hydroxylation is 2. The number of ether oxygens (including phenoxy) is 2. The molecule has 0 aliphatic rings. The summed E-state index contributed by atoms with van der Waals surface area (Å²) >= 11 is 1.70. The minimum atomic E-state index is 0. The third-order valence-corrected chi connectivity index (χ3v) is 4.77. The average Bonchev–Trinajstić information content (AvgIpc) is 2.96. The summed E-state index contributed by atoms with van der Waals surface area (Å²) in [5.41, 5.74) is 2.11. The van der Waals surface area contributed by atoms with E-state index >= 15 is 0 Å². The van der Waals surface area contributed by atoms with Crippen molar-refractivity contribution in [3.05, 3.63) is 45.4 Å². The second kappa shape index (κ2) is 12.9. The molecule has 150 valence electrons. The minimum absolute atomic E-state index is 0. The van der Waals surface area contributed by atoms with Gasteiger partial charge in [0, 0.05) is 23.5 Å². The number of aromatic nitrogens is 1. The number of thiazole rings is 1. The van der Waals surface area contributed by atoms with Crippen LogP contribution in [-0.2, 0) is 17.9 Å². The molecule has 0 aliphatic carbocycles. The zero-order valence-electron chi connectivity index (χ0n) is 16.4. The van der Waals surface area contributed by atoms with Gasteiger partial charge in [0.25, 0.3) is 0 Å². The monoisotopic (exact) mass is 504 g/mol. The fourth-order valence-corrected chi connectivity index (χ4v) is 3.32. The lowest BCUT2D eigenvalue weighted by Gasteiger charge is -2.12. The molecule has 1 aromatic heterocycles. The Kier molecular flexibility index (Phi) is 11.3. The average molecular weight is 504 g/mol. The fraction of sp³-hybridized carbons (Fsp3) is 0.474. The third kappa shape index (κ3) is 8.02. The van der Waals surface area contributed by atoms with Crippen molar-refractivity contribution in [2.45, 2.75) is 33.9 Å². The highest BCUT2D eigenvalue weighted by Gasteiger charge is 2.05. The van der Waals surface area contributed by atoms with Crippen LogP contribution in [0.15, 0.2) is 29.3 Å². The topological polar surface area (TPSA) is 67.8 Å². The van der Waals surface area contributed by atoms with Crippen LogP contribution in [0.2, 0.25) is 0 Å². The third-order valence-electron chi connectivity index (χ3n) is 3.71. The first-order valence-corrected chi connectivity index (χ1v) is 9.60. The molecule has 1 heterocycles. The molecule has 2 rings (SSSR count). The van der Waals surface area contributed by atoms with Crippen LogP contribution in [0.5, 0.6) is 5.75 Å². The second-order valence-electron chi connectivity index (χ2n) is 5.73. The van der Waals surface area contributed by atoms with Gasteiger partial charge in [-0.2, -0.15) is 0 Å². The molecule has 8 heteroatoms. The van der Waals surface area contributed by atoms with Crippen molar-refractivity contribution in [1.29, 1.82) is 0 Å². The fourth-order valence-electron chi connectivity index (χ4n) is 2.46.